The van der Waals surface area contributed by atoms with Crippen molar-refractivity contribution in [3.05, 3.63) is 70.9 Å². The number of benzene rings is 2. The van der Waals surface area contributed by atoms with E-state index >= 15 is 0 Å². The molecule has 118 valence electrons. The first-order valence-corrected chi connectivity index (χ1v) is 8.26. The summed E-state index contributed by atoms with van der Waals surface area (Å²) >= 11 is 0. The van der Waals surface area contributed by atoms with Gasteiger partial charge in [0.05, 0.1) is 0 Å². The molecule has 23 heavy (non-hydrogen) atoms. The number of rotatable bonds is 3. The molecule has 1 aromatic heterocycles. The lowest BCUT2D eigenvalue weighted by atomic mass is 9.84. The standard InChI is InChI=1S/C20H23N3/c1-21-11-14-3-6-18-17(9-14)12-23(2)13-19(18)16-5-4-15-7-8-22-20(15)10-16/h3-10,19,21-22H,11-13H2,1-2H3. The van der Waals surface area contributed by atoms with Crippen LogP contribution in [-0.4, -0.2) is 30.5 Å². The van der Waals surface area contributed by atoms with Gasteiger partial charge in [-0.2, -0.15) is 0 Å². The Labute approximate surface area is 137 Å². The van der Waals surface area contributed by atoms with Gasteiger partial charge in [-0.3, -0.25) is 0 Å². The van der Waals surface area contributed by atoms with E-state index in [4.69, 9.17) is 0 Å². The first-order chi connectivity index (χ1) is 11.2. The quantitative estimate of drug-likeness (QED) is 0.776. The summed E-state index contributed by atoms with van der Waals surface area (Å²) in [6, 6.07) is 15.9. The maximum atomic E-state index is 3.34. The van der Waals surface area contributed by atoms with Gasteiger partial charge in [-0.25, -0.2) is 0 Å². The van der Waals surface area contributed by atoms with Crippen molar-refractivity contribution >= 4 is 10.9 Å². The molecule has 1 aliphatic heterocycles. The van der Waals surface area contributed by atoms with Gasteiger partial charge in [0.2, 0.25) is 0 Å². The minimum Gasteiger partial charge on any atom is -0.361 e. The van der Waals surface area contributed by atoms with Gasteiger partial charge < -0.3 is 15.2 Å². The van der Waals surface area contributed by atoms with Crippen molar-refractivity contribution in [1.82, 2.24) is 15.2 Å². The maximum Gasteiger partial charge on any atom is 0.0456 e. The van der Waals surface area contributed by atoms with Crippen LogP contribution in [0.3, 0.4) is 0 Å². The smallest absolute Gasteiger partial charge is 0.0456 e. The molecule has 0 aliphatic carbocycles. The molecule has 2 N–H and O–H groups in total. The van der Waals surface area contributed by atoms with Crippen LogP contribution in [0, 0.1) is 0 Å². The summed E-state index contributed by atoms with van der Waals surface area (Å²) in [6.45, 7) is 3.04. The number of likely N-dealkylation sites (N-methyl/N-ethyl adjacent to an activating group) is 1. The average molecular weight is 305 g/mol. The van der Waals surface area contributed by atoms with Crippen molar-refractivity contribution in [3.8, 4) is 0 Å². The predicted molar refractivity (Wildman–Crippen MR) is 95.7 cm³/mol. The van der Waals surface area contributed by atoms with Crippen molar-refractivity contribution in [2.24, 2.45) is 0 Å². The largest absolute Gasteiger partial charge is 0.361 e. The Balaban J connectivity index is 1.77. The summed E-state index contributed by atoms with van der Waals surface area (Å²) in [5.41, 5.74) is 6.93. The van der Waals surface area contributed by atoms with Gasteiger partial charge in [0, 0.05) is 37.3 Å². The Kier molecular flexibility index (Phi) is 3.68. The van der Waals surface area contributed by atoms with E-state index in [9.17, 15) is 0 Å². The van der Waals surface area contributed by atoms with Crippen LogP contribution in [0.5, 0.6) is 0 Å². The van der Waals surface area contributed by atoms with Gasteiger partial charge >= 0.3 is 0 Å². The Bertz CT molecular complexity index is 834. The third-order valence-electron chi connectivity index (χ3n) is 4.88. The molecule has 1 atom stereocenters. The van der Waals surface area contributed by atoms with Crippen molar-refractivity contribution in [3.63, 3.8) is 0 Å². The topological polar surface area (TPSA) is 31.1 Å². The normalized spacial score (nSPS) is 18.3. The Morgan fingerprint density at radius 3 is 2.96 bits per heavy atom. The van der Waals surface area contributed by atoms with E-state index in [0.29, 0.717) is 5.92 Å². The monoisotopic (exact) mass is 305 g/mol. The van der Waals surface area contributed by atoms with Crippen LogP contribution in [0.1, 0.15) is 28.2 Å². The van der Waals surface area contributed by atoms with Gasteiger partial charge in [0.25, 0.3) is 0 Å². The number of nitrogens with zero attached hydrogens (tertiary/aromatic N) is 1. The number of aromatic nitrogens is 1. The van der Waals surface area contributed by atoms with Crippen LogP contribution in [0.4, 0.5) is 0 Å². The molecule has 0 spiro atoms. The summed E-state index contributed by atoms with van der Waals surface area (Å²) in [7, 11) is 4.22. The van der Waals surface area contributed by atoms with E-state index in [1.165, 1.54) is 33.2 Å². The van der Waals surface area contributed by atoms with E-state index in [0.717, 1.165) is 19.6 Å². The van der Waals surface area contributed by atoms with Crippen LogP contribution >= 0.6 is 0 Å². The second-order valence-corrected chi connectivity index (χ2v) is 6.64. The number of hydrogen-bond donors (Lipinski definition) is 2. The van der Waals surface area contributed by atoms with E-state index in [2.05, 4.69) is 64.7 Å². The van der Waals surface area contributed by atoms with E-state index < -0.39 is 0 Å². The second kappa shape index (κ2) is 5.84. The molecule has 0 radical (unpaired) electrons. The maximum absolute atomic E-state index is 3.34. The summed E-state index contributed by atoms with van der Waals surface area (Å²) in [6.07, 6.45) is 2.01. The highest BCUT2D eigenvalue weighted by Gasteiger charge is 2.25. The highest BCUT2D eigenvalue weighted by molar-refractivity contribution is 5.80. The molecular formula is C20H23N3. The zero-order valence-electron chi connectivity index (χ0n) is 13.8. The van der Waals surface area contributed by atoms with E-state index in [-0.39, 0.29) is 0 Å². The van der Waals surface area contributed by atoms with Gasteiger partial charge in [-0.1, -0.05) is 30.3 Å². The van der Waals surface area contributed by atoms with Gasteiger partial charge in [0.15, 0.2) is 0 Å². The Morgan fingerprint density at radius 1 is 1.17 bits per heavy atom. The number of aromatic amines is 1. The molecular weight excluding hydrogens is 282 g/mol. The number of hydrogen-bond acceptors (Lipinski definition) is 2. The molecule has 0 fully saturated rings. The second-order valence-electron chi connectivity index (χ2n) is 6.64. The van der Waals surface area contributed by atoms with Crippen molar-refractivity contribution in [2.75, 3.05) is 20.6 Å². The molecule has 0 saturated heterocycles. The SMILES string of the molecule is CNCc1ccc2c(c1)CN(C)CC2c1ccc2cc[nH]c2c1. The van der Waals surface area contributed by atoms with Crippen molar-refractivity contribution in [2.45, 2.75) is 19.0 Å². The fourth-order valence-corrected chi connectivity index (χ4v) is 3.78. The number of nitrogens with one attached hydrogen (secondary N) is 2. The molecule has 3 aromatic rings. The Morgan fingerprint density at radius 2 is 2.09 bits per heavy atom. The van der Waals surface area contributed by atoms with Crippen LogP contribution in [-0.2, 0) is 13.1 Å². The molecule has 3 heteroatoms. The molecule has 1 aliphatic rings. The molecule has 2 aromatic carbocycles. The van der Waals surface area contributed by atoms with E-state index in [1.54, 1.807) is 0 Å². The molecule has 0 bridgehead atoms. The predicted octanol–water partition coefficient (Wildman–Crippen LogP) is 3.46. The minimum atomic E-state index is 0.445. The third kappa shape index (κ3) is 2.67. The Hall–Kier alpha value is -2.10. The van der Waals surface area contributed by atoms with E-state index in [1.807, 2.05) is 13.2 Å². The summed E-state index contributed by atoms with van der Waals surface area (Å²) in [5.74, 6) is 0.445. The zero-order valence-corrected chi connectivity index (χ0v) is 13.8. The lowest BCUT2D eigenvalue weighted by molar-refractivity contribution is 0.295. The highest BCUT2D eigenvalue weighted by atomic mass is 15.1. The van der Waals surface area contributed by atoms with Crippen LogP contribution in [0.25, 0.3) is 10.9 Å². The summed E-state index contributed by atoms with van der Waals surface area (Å²) in [4.78, 5) is 5.76. The zero-order chi connectivity index (χ0) is 15.8. The van der Waals surface area contributed by atoms with Gasteiger partial charge in [-0.05, 0) is 53.9 Å². The summed E-state index contributed by atoms with van der Waals surface area (Å²) in [5, 5.41) is 4.52. The van der Waals surface area contributed by atoms with Gasteiger partial charge in [0.1, 0.15) is 0 Å². The van der Waals surface area contributed by atoms with Crippen molar-refractivity contribution in [1.29, 1.82) is 0 Å². The lowest BCUT2D eigenvalue weighted by Gasteiger charge is -2.33. The number of H-pyrrole nitrogens is 1. The highest BCUT2D eigenvalue weighted by Crippen LogP contribution is 2.34. The molecule has 4 rings (SSSR count). The molecule has 0 amide bonds. The fourth-order valence-electron chi connectivity index (χ4n) is 3.78. The molecule has 2 heterocycles. The number of fused-ring (bicyclic) bond motifs is 2. The van der Waals surface area contributed by atoms with Gasteiger partial charge in [-0.15, -0.1) is 0 Å². The minimum absolute atomic E-state index is 0.445. The van der Waals surface area contributed by atoms with Crippen LogP contribution in [0.2, 0.25) is 0 Å². The lowest BCUT2D eigenvalue weighted by Crippen LogP contribution is -2.31. The van der Waals surface area contributed by atoms with Crippen LogP contribution < -0.4 is 5.32 Å². The summed E-state index contributed by atoms with van der Waals surface area (Å²) < 4.78 is 0. The van der Waals surface area contributed by atoms with Crippen molar-refractivity contribution < 1.29 is 0 Å². The molecule has 0 saturated carbocycles. The third-order valence-corrected chi connectivity index (χ3v) is 4.88. The average Bonchev–Trinajstić information content (AvgIpc) is 3.01. The first-order valence-electron chi connectivity index (χ1n) is 8.26. The van der Waals surface area contributed by atoms with Crippen LogP contribution in [0.15, 0.2) is 48.7 Å². The first kappa shape index (κ1) is 14.5. The molecule has 3 nitrogen and oxygen atoms in total. The molecule has 1 unspecified atom stereocenters. The fraction of sp³-hybridized carbons (Fsp3) is 0.300.